The number of para-hydroxylation sites is 1. The number of rotatable bonds is 4. The fourth-order valence-electron chi connectivity index (χ4n) is 12.8. The number of fused-ring (bicyclic) bond motifs is 8. The number of hydrogen-bond acceptors (Lipinski definition) is 2. The number of nitrogens with zero attached hydrogens (tertiary/aromatic N) is 1. The minimum atomic E-state index is 0.0952. The zero-order chi connectivity index (χ0) is 33.6. The average Bonchev–Trinajstić information content (AvgIpc) is 3.66. The van der Waals surface area contributed by atoms with E-state index < -0.39 is 0 Å². The molecule has 4 saturated carbocycles. The number of benzene rings is 5. The smallest absolute Gasteiger partial charge is 0.133 e. The maximum atomic E-state index is 6.96. The summed E-state index contributed by atoms with van der Waals surface area (Å²) >= 11 is 0. The quantitative estimate of drug-likeness (QED) is 0.191. The summed E-state index contributed by atoms with van der Waals surface area (Å²) in [5, 5.41) is 0. The van der Waals surface area contributed by atoms with Crippen LogP contribution in [0, 0.1) is 29.1 Å². The molecule has 11 rings (SSSR count). The molecule has 6 unspecified atom stereocenters. The SMILES string of the molecule is CC1(C)CCC(C)(C)c2cc(N(c3ccc(-c4ccccc4)cc3)c3ccc4c(c3)Oc3ccccc3C43C4CC5CC6CC3C64C5)ccc21. The average molecular weight is 654 g/mol. The van der Waals surface area contributed by atoms with Crippen molar-refractivity contribution in [1.29, 1.82) is 0 Å². The van der Waals surface area contributed by atoms with Gasteiger partial charge in [0, 0.05) is 39.7 Å². The van der Waals surface area contributed by atoms with Crippen LogP contribution in [0.3, 0.4) is 0 Å². The Balaban J connectivity index is 1.07. The van der Waals surface area contributed by atoms with Crippen LogP contribution in [0.5, 0.6) is 11.5 Å². The van der Waals surface area contributed by atoms with E-state index in [0.29, 0.717) is 5.41 Å². The Bertz CT molecular complexity index is 2200. The fourth-order valence-corrected chi connectivity index (χ4v) is 12.8. The van der Waals surface area contributed by atoms with Gasteiger partial charge in [0.05, 0.1) is 0 Å². The maximum absolute atomic E-state index is 6.96. The van der Waals surface area contributed by atoms with Crippen molar-refractivity contribution in [3.05, 3.63) is 138 Å². The van der Waals surface area contributed by atoms with E-state index in [1.807, 2.05) is 0 Å². The van der Waals surface area contributed by atoms with Crippen molar-refractivity contribution in [2.45, 2.75) is 82.5 Å². The number of hydrogen-bond donors (Lipinski definition) is 0. The van der Waals surface area contributed by atoms with E-state index >= 15 is 0 Å². The van der Waals surface area contributed by atoms with Crippen molar-refractivity contribution in [2.75, 3.05) is 4.90 Å². The van der Waals surface area contributed by atoms with Gasteiger partial charge in [-0.25, -0.2) is 0 Å². The Labute approximate surface area is 297 Å². The molecule has 0 aromatic heterocycles. The van der Waals surface area contributed by atoms with Crippen LogP contribution >= 0.6 is 0 Å². The van der Waals surface area contributed by atoms with Gasteiger partial charge in [0.1, 0.15) is 11.5 Å². The lowest BCUT2D eigenvalue weighted by Gasteiger charge is -2.77. The van der Waals surface area contributed by atoms with Crippen LogP contribution in [-0.4, -0.2) is 0 Å². The molecule has 0 amide bonds. The molecule has 1 heterocycles. The second-order valence-corrected chi connectivity index (χ2v) is 18.1. The standard InChI is InChI=1S/C48H47NO/c1-45(2)22-23-46(3,4)40-27-35(18-20-37(40)45)49(34-16-14-32(15-17-34)31-10-6-5-7-11-31)36-19-21-39-42(28-36)50-41-13-9-8-12-38(41)48(39)43-25-30-24-33-26-44(48)47(33,43)29-30/h5-21,27-28,30,33,43-44H,22-26,29H2,1-4H3. The van der Waals surface area contributed by atoms with Crippen molar-refractivity contribution in [1.82, 2.24) is 0 Å². The molecule has 2 nitrogen and oxygen atoms in total. The Kier molecular flexibility index (Phi) is 5.72. The van der Waals surface area contributed by atoms with E-state index in [1.165, 1.54) is 83.3 Å². The molecule has 250 valence electrons. The Morgan fingerprint density at radius 1 is 0.540 bits per heavy atom. The van der Waals surface area contributed by atoms with Gasteiger partial charge in [-0.2, -0.15) is 0 Å². The van der Waals surface area contributed by atoms with Crippen molar-refractivity contribution in [2.24, 2.45) is 29.1 Å². The van der Waals surface area contributed by atoms with E-state index in [1.54, 1.807) is 0 Å². The fraction of sp³-hybridized carbons (Fsp3) is 0.375. The highest BCUT2D eigenvalue weighted by atomic mass is 16.5. The van der Waals surface area contributed by atoms with E-state index in [9.17, 15) is 0 Å². The van der Waals surface area contributed by atoms with Crippen LogP contribution in [0.25, 0.3) is 11.1 Å². The van der Waals surface area contributed by atoms with Gasteiger partial charge in [-0.1, -0.05) is 100 Å². The third kappa shape index (κ3) is 3.60. The van der Waals surface area contributed by atoms with Gasteiger partial charge in [0.15, 0.2) is 0 Å². The minimum Gasteiger partial charge on any atom is -0.457 e. The van der Waals surface area contributed by atoms with Crippen molar-refractivity contribution < 1.29 is 4.74 Å². The van der Waals surface area contributed by atoms with E-state index in [0.717, 1.165) is 40.9 Å². The molecule has 0 N–H and O–H groups in total. The molecule has 5 aromatic rings. The molecule has 6 atom stereocenters. The monoisotopic (exact) mass is 653 g/mol. The topological polar surface area (TPSA) is 12.5 Å². The zero-order valence-electron chi connectivity index (χ0n) is 29.9. The van der Waals surface area contributed by atoms with Crippen LogP contribution in [0.15, 0.2) is 115 Å². The molecule has 0 radical (unpaired) electrons. The summed E-state index contributed by atoms with van der Waals surface area (Å²) in [5.74, 6) is 5.54. The van der Waals surface area contributed by atoms with E-state index in [4.69, 9.17) is 4.74 Å². The maximum Gasteiger partial charge on any atom is 0.133 e. The zero-order valence-corrected chi connectivity index (χ0v) is 29.9. The summed E-state index contributed by atoms with van der Waals surface area (Å²) in [4.78, 5) is 2.47. The number of ether oxygens (including phenoxy) is 1. The lowest BCUT2D eigenvalue weighted by molar-refractivity contribution is -0.235. The first-order chi connectivity index (χ1) is 24.2. The van der Waals surface area contributed by atoms with Gasteiger partial charge in [-0.3, -0.25) is 0 Å². The van der Waals surface area contributed by atoms with Crippen molar-refractivity contribution in [3.63, 3.8) is 0 Å². The van der Waals surface area contributed by atoms with Gasteiger partial charge in [0.25, 0.3) is 0 Å². The first-order valence-electron chi connectivity index (χ1n) is 19.2. The molecule has 50 heavy (non-hydrogen) atoms. The molecule has 6 aliphatic rings. The molecule has 2 heteroatoms. The minimum absolute atomic E-state index is 0.0952. The Hall–Kier alpha value is -4.30. The highest BCUT2D eigenvalue weighted by Gasteiger charge is 2.84. The predicted octanol–water partition coefficient (Wildman–Crippen LogP) is 12.6. The lowest BCUT2D eigenvalue weighted by Crippen LogP contribution is -2.74. The summed E-state index contributed by atoms with van der Waals surface area (Å²) in [6.07, 6.45) is 8.16. The molecule has 5 aromatic carbocycles. The van der Waals surface area contributed by atoms with E-state index in [-0.39, 0.29) is 16.2 Å². The number of anilines is 3. The lowest BCUT2D eigenvalue weighted by atomic mass is 9.26. The normalized spacial score (nSPS) is 31.0. The summed E-state index contributed by atoms with van der Waals surface area (Å²) in [6.45, 7) is 9.69. The van der Waals surface area contributed by atoms with Gasteiger partial charge >= 0.3 is 0 Å². The van der Waals surface area contributed by atoms with Gasteiger partial charge < -0.3 is 9.64 Å². The highest BCUT2D eigenvalue weighted by molar-refractivity contribution is 5.81. The highest BCUT2D eigenvalue weighted by Crippen LogP contribution is 2.89. The van der Waals surface area contributed by atoms with Gasteiger partial charge in [-0.15, -0.1) is 0 Å². The Morgan fingerprint density at radius 2 is 1.16 bits per heavy atom. The molecule has 0 saturated heterocycles. The second-order valence-electron chi connectivity index (χ2n) is 18.1. The van der Waals surface area contributed by atoms with Gasteiger partial charge in [-0.05, 0) is 137 Å². The van der Waals surface area contributed by atoms with Crippen LogP contribution in [0.4, 0.5) is 17.1 Å². The van der Waals surface area contributed by atoms with Crippen LogP contribution in [0.2, 0.25) is 0 Å². The van der Waals surface area contributed by atoms with E-state index in [2.05, 4.69) is 148 Å². The third-order valence-corrected chi connectivity index (χ3v) is 15.1. The summed E-state index contributed by atoms with van der Waals surface area (Å²) < 4.78 is 6.96. The van der Waals surface area contributed by atoms with Crippen molar-refractivity contribution >= 4 is 17.1 Å². The summed E-state index contributed by atoms with van der Waals surface area (Å²) in [5.41, 5.74) is 12.9. The largest absolute Gasteiger partial charge is 0.457 e. The van der Waals surface area contributed by atoms with Crippen LogP contribution < -0.4 is 9.64 Å². The van der Waals surface area contributed by atoms with Crippen molar-refractivity contribution in [3.8, 4) is 22.6 Å². The molecule has 2 bridgehead atoms. The molecule has 2 spiro atoms. The Morgan fingerprint density at radius 3 is 1.94 bits per heavy atom. The molecule has 4 fully saturated rings. The predicted molar refractivity (Wildman–Crippen MR) is 204 cm³/mol. The molecule has 5 aliphatic carbocycles. The summed E-state index contributed by atoms with van der Waals surface area (Å²) in [7, 11) is 0. The van der Waals surface area contributed by atoms with Gasteiger partial charge in [0.2, 0.25) is 0 Å². The molecule has 1 aliphatic heterocycles. The van der Waals surface area contributed by atoms with Crippen LogP contribution in [0.1, 0.15) is 88.5 Å². The summed E-state index contributed by atoms with van der Waals surface area (Å²) in [6, 6.07) is 43.5. The second kappa shape index (κ2) is 9.72. The third-order valence-electron chi connectivity index (χ3n) is 15.1. The molecular formula is C48H47NO. The van der Waals surface area contributed by atoms with Crippen LogP contribution in [-0.2, 0) is 16.2 Å². The molecular weight excluding hydrogens is 607 g/mol. The first-order valence-corrected chi connectivity index (χ1v) is 19.2. The first kappa shape index (κ1) is 29.4.